The van der Waals surface area contributed by atoms with E-state index in [1.807, 2.05) is 24.3 Å². The fourth-order valence-corrected chi connectivity index (χ4v) is 1.83. The third-order valence-corrected chi connectivity index (χ3v) is 2.86. The highest BCUT2D eigenvalue weighted by molar-refractivity contribution is 6.03. The summed E-state index contributed by atoms with van der Waals surface area (Å²) in [7, 11) is 1.65. The smallest absolute Gasteiger partial charge is 0.274 e. The number of nitrogen functional groups attached to an aromatic ring is 1. The van der Waals surface area contributed by atoms with Crippen molar-refractivity contribution in [2.75, 3.05) is 24.8 Å². The number of nitrogens with two attached hydrogens (primary N) is 1. The van der Waals surface area contributed by atoms with Crippen LogP contribution in [0.4, 0.5) is 11.4 Å². The SMILES string of the molecule is COCCc1ccccc1NC(=O)c1cc(N)ccn1. The molecule has 0 unspecified atom stereocenters. The molecule has 0 saturated heterocycles. The van der Waals surface area contributed by atoms with Gasteiger partial charge in [-0.2, -0.15) is 0 Å². The molecule has 0 atom stereocenters. The number of amides is 1. The van der Waals surface area contributed by atoms with E-state index in [9.17, 15) is 4.79 Å². The van der Waals surface area contributed by atoms with E-state index >= 15 is 0 Å². The lowest BCUT2D eigenvalue weighted by molar-refractivity contribution is 0.102. The van der Waals surface area contributed by atoms with Gasteiger partial charge in [0, 0.05) is 24.7 Å². The van der Waals surface area contributed by atoms with Crippen LogP contribution in [0.1, 0.15) is 16.1 Å². The summed E-state index contributed by atoms with van der Waals surface area (Å²) in [6, 6.07) is 10.8. The number of carbonyl (C=O) groups excluding carboxylic acids is 1. The number of para-hydroxylation sites is 1. The highest BCUT2D eigenvalue weighted by atomic mass is 16.5. The Bertz CT molecular complexity index is 599. The number of aromatic nitrogens is 1. The Hall–Kier alpha value is -2.40. The predicted molar refractivity (Wildman–Crippen MR) is 78.6 cm³/mol. The average molecular weight is 271 g/mol. The van der Waals surface area contributed by atoms with Crippen molar-refractivity contribution in [3.05, 3.63) is 53.9 Å². The molecule has 0 aliphatic heterocycles. The number of benzene rings is 1. The number of methoxy groups -OCH3 is 1. The van der Waals surface area contributed by atoms with Crippen LogP contribution in [-0.4, -0.2) is 24.6 Å². The lowest BCUT2D eigenvalue weighted by atomic mass is 10.1. The van der Waals surface area contributed by atoms with E-state index in [-0.39, 0.29) is 5.91 Å². The van der Waals surface area contributed by atoms with Crippen molar-refractivity contribution < 1.29 is 9.53 Å². The molecular formula is C15H17N3O2. The molecule has 2 rings (SSSR count). The van der Waals surface area contributed by atoms with Gasteiger partial charge in [-0.25, -0.2) is 0 Å². The number of carbonyl (C=O) groups is 1. The molecule has 104 valence electrons. The van der Waals surface area contributed by atoms with Gasteiger partial charge in [-0.15, -0.1) is 0 Å². The van der Waals surface area contributed by atoms with Gasteiger partial charge in [0.2, 0.25) is 0 Å². The molecular weight excluding hydrogens is 254 g/mol. The van der Waals surface area contributed by atoms with Gasteiger partial charge in [-0.1, -0.05) is 18.2 Å². The number of nitrogens with zero attached hydrogens (tertiary/aromatic N) is 1. The van der Waals surface area contributed by atoms with Gasteiger partial charge in [0.15, 0.2) is 0 Å². The zero-order valence-electron chi connectivity index (χ0n) is 11.3. The molecule has 5 nitrogen and oxygen atoms in total. The van der Waals surface area contributed by atoms with E-state index in [4.69, 9.17) is 10.5 Å². The molecule has 1 amide bonds. The van der Waals surface area contributed by atoms with Crippen LogP contribution in [0.5, 0.6) is 0 Å². The minimum Gasteiger partial charge on any atom is -0.399 e. The molecule has 1 heterocycles. The van der Waals surface area contributed by atoms with Crippen LogP contribution in [-0.2, 0) is 11.2 Å². The molecule has 2 aromatic rings. The largest absolute Gasteiger partial charge is 0.399 e. The molecule has 5 heteroatoms. The van der Waals surface area contributed by atoms with Crippen LogP contribution in [0.2, 0.25) is 0 Å². The van der Waals surface area contributed by atoms with Crippen molar-refractivity contribution in [2.24, 2.45) is 0 Å². The third kappa shape index (κ3) is 3.55. The number of nitrogens with one attached hydrogen (secondary N) is 1. The van der Waals surface area contributed by atoms with Gasteiger partial charge in [0.1, 0.15) is 5.69 Å². The Morgan fingerprint density at radius 2 is 2.15 bits per heavy atom. The van der Waals surface area contributed by atoms with E-state index in [1.54, 1.807) is 19.2 Å². The summed E-state index contributed by atoms with van der Waals surface area (Å²) in [5, 5.41) is 2.85. The Kier molecular flexibility index (Phi) is 4.68. The van der Waals surface area contributed by atoms with Crippen LogP contribution in [0, 0.1) is 0 Å². The van der Waals surface area contributed by atoms with Gasteiger partial charge in [-0.05, 0) is 30.2 Å². The molecule has 0 bridgehead atoms. The highest BCUT2D eigenvalue weighted by Crippen LogP contribution is 2.17. The van der Waals surface area contributed by atoms with Gasteiger partial charge < -0.3 is 15.8 Å². The number of pyridine rings is 1. The summed E-state index contributed by atoms with van der Waals surface area (Å²) in [6.07, 6.45) is 2.25. The first-order valence-corrected chi connectivity index (χ1v) is 6.30. The normalized spacial score (nSPS) is 10.2. The second-order valence-electron chi connectivity index (χ2n) is 4.33. The van der Waals surface area contributed by atoms with E-state index in [1.165, 1.54) is 6.20 Å². The van der Waals surface area contributed by atoms with Gasteiger partial charge in [0.25, 0.3) is 5.91 Å². The third-order valence-electron chi connectivity index (χ3n) is 2.86. The monoisotopic (exact) mass is 271 g/mol. The Balaban J connectivity index is 2.15. The predicted octanol–water partition coefficient (Wildman–Crippen LogP) is 2.10. The van der Waals surface area contributed by atoms with Crippen molar-refractivity contribution in [2.45, 2.75) is 6.42 Å². The maximum absolute atomic E-state index is 12.1. The summed E-state index contributed by atoms with van der Waals surface area (Å²) < 4.78 is 5.06. The topological polar surface area (TPSA) is 77.2 Å². The minimum atomic E-state index is -0.276. The van der Waals surface area contributed by atoms with Gasteiger partial charge in [0.05, 0.1) is 6.61 Å². The highest BCUT2D eigenvalue weighted by Gasteiger charge is 2.10. The first kappa shape index (κ1) is 14.0. The summed E-state index contributed by atoms with van der Waals surface area (Å²) >= 11 is 0. The standard InChI is InChI=1S/C15H17N3O2/c1-20-9-7-11-4-2-3-5-13(11)18-15(19)14-10-12(16)6-8-17-14/h2-6,8,10H,7,9H2,1H3,(H2,16,17)(H,18,19). The molecule has 1 aromatic heterocycles. The summed E-state index contributed by atoms with van der Waals surface area (Å²) in [5.74, 6) is -0.276. The Morgan fingerprint density at radius 3 is 2.90 bits per heavy atom. The molecule has 0 aliphatic rings. The Labute approximate surface area is 117 Å². The van der Waals surface area contributed by atoms with Crippen molar-refractivity contribution in [3.63, 3.8) is 0 Å². The van der Waals surface area contributed by atoms with E-state index in [0.29, 0.717) is 18.0 Å². The van der Waals surface area contributed by atoms with E-state index in [2.05, 4.69) is 10.3 Å². The lowest BCUT2D eigenvalue weighted by Crippen LogP contribution is -2.15. The van der Waals surface area contributed by atoms with Crippen molar-refractivity contribution in [1.29, 1.82) is 0 Å². The average Bonchev–Trinajstić information content (AvgIpc) is 2.46. The van der Waals surface area contributed by atoms with Crippen LogP contribution in [0.3, 0.4) is 0 Å². The van der Waals surface area contributed by atoms with Crippen molar-refractivity contribution >= 4 is 17.3 Å². The molecule has 0 aliphatic carbocycles. The van der Waals surface area contributed by atoms with Crippen LogP contribution >= 0.6 is 0 Å². The molecule has 0 radical (unpaired) electrons. The number of anilines is 2. The summed E-state index contributed by atoms with van der Waals surface area (Å²) in [6.45, 7) is 0.601. The first-order chi connectivity index (χ1) is 9.70. The molecule has 0 spiro atoms. The van der Waals surface area contributed by atoms with Crippen LogP contribution in [0.15, 0.2) is 42.6 Å². The first-order valence-electron chi connectivity index (χ1n) is 6.30. The quantitative estimate of drug-likeness (QED) is 0.873. The zero-order valence-corrected chi connectivity index (χ0v) is 11.3. The van der Waals surface area contributed by atoms with Crippen molar-refractivity contribution in [3.8, 4) is 0 Å². The zero-order chi connectivity index (χ0) is 14.4. The lowest BCUT2D eigenvalue weighted by Gasteiger charge is -2.10. The Morgan fingerprint density at radius 1 is 1.35 bits per heavy atom. The fourth-order valence-electron chi connectivity index (χ4n) is 1.83. The van der Waals surface area contributed by atoms with Gasteiger partial charge in [-0.3, -0.25) is 9.78 Å². The maximum atomic E-state index is 12.1. The summed E-state index contributed by atoms with van der Waals surface area (Å²) in [4.78, 5) is 16.1. The molecule has 0 fully saturated rings. The second-order valence-corrected chi connectivity index (χ2v) is 4.33. The van der Waals surface area contributed by atoms with E-state index in [0.717, 1.165) is 17.7 Å². The molecule has 1 aromatic carbocycles. The molecule has 20 heavy (non-hydrogen) atoms. The molecule has 3 N–H and O–H groups in total. The number of hydrogen-bond donors (Lipinski definition) is 2. The second kappa shape index (κ2) is 6.68. The number of ether oxygens (including phenoxy) is 1. The fraction of sp³-hybridized carbons (Fsp3) is 0.200. The molecule has 0 saturated carbocycles. The number of rotatable bonds is 5. The van der Waals surface area contributed by atoms with Gasteiger partial charge >= 0.3 is 0 Å². The number of hydrogen-bond acceptors (Lipinski definition) is 4. The van der Waals surface area contributed by atoms with Crippen LogP contribution < -0.4 is 11.1 Å². The maximum Gasteiger partial charge on any atom is 0.274 e. The summed E-state index contributed by atoms with van der Waals surface area (Å²) in [5.41, 5.74) is 8.24. The van der Waals surface area contributed by atoms with Crippen LogP contribution in [0.25, 0.3) is 0 Å². The minimum absolute atomic E-state index is 0.276. The van der Waals surface area contributed by atoms with E-state index < -0.39 is 0 Å². The van der Waals surface area contributed by atoms with Crippen molar-refractivity contribution in [1.82, 2.24) is 4.98 Å².